The predicted octanol–water partition coefficient (Wildman–Crippen LogP) is -5.92. The molecule has 0 heterocycles. The highest BCUT2D eigenvalue weighted by Crippen LogP contribution is 2.10. The summed E-state index contributed by atoms with van der Waals surface area (Å²) in [5.41, 5.74) is 0. The third-order valence-corrected chi connectivity index (χ3v) is 7.86. The molecule has 0 spiro atoms. The van der Waals surface area contributed by atoms with Crippen LogP contribution in [0.3, 0.4) is 0 Å². The average Bonchev–Trinajstić information content (AvgIpc) is 3.20. The van der Waals surface area contributed by atoms with Crippen LogP contribution in [0.4, 0.5) is 0 Å². The van der Waals surface area contributed by atoms with E-state index in [1.165, 1.54) is 7.11 Å². The fraction of sp³-hybridized carbons (Fsp3) is 1.00. The summed E-state index contributed by atoms with van der Waals surface area (Å²) >= 11 is 0. The Balaban J connectivity index is 5.71. The van der Waals surface area contributed by atoms with Gasteiger partial charge in [-0.15, -0.1) is 0 Å². The predicted molar refractivity (Wildman–Crippen MR) is 192 cm³/mol. The molecule has 11 N–H and O–H groups in total. The molecule has 0 aromatic heterocycles. The molecule has 0 aliphatic rings. The fourth-order valence-electron chi connectivity index (χ4n) is 4.67. The Labute approximate surface area is 323 Å². The van der Waals surface area contributed by atoms with E-state index in [-0.39, 0.29) is 85.2 Å². The molecule has 0 radical (unpaired) electrons. The van der Waals surface area contributed by atoms with Gasteiger partial charge in [0.2, 0.25) is 0 Å². The number of aliphatic hydroxyl groups is 11. The highest BCUT2D eigenvalue weighted by atomic mass is 16.6. The number of hydrogen-bond acceptors (Lipinski definition) is 21. The highest BCUT2D eigenvalue weighted by Gasteiger charge is 2.26. The number of nitrogens with zero attached hydrogens (tertiary/aromatic N) is 1. The Morgan fingerprint density at radius 1 is 0.364 bits per heavy atom. The maximum atomic E-state index is 10.2. The standard InChI is InChI=1S/C34H71NO20/c1-24(2)55-34(16-45)23-54-33(15-44)21-51-28(10-39)6-35(4-26(8-37)49-19-31(13-42)52-18-29(11-40)47-3)5-27(9-38)50-20-32(14-43)53-22-30(12-41)48-17-25(46)7-36/h24-34,36-46H,4-23H2,1-3H3. The van der Waals surface area contributed by atoms with Crippen LogP contribution in [0.2, 0.25) is 0 Å². The molecular weight excluding hydrogens is 742 g/mol. The van der Waals surface area contributed by atoms with Gasteiger partial charge in [-0.3, -0.25) is 4.90 Å². The van der Waals surface area contributed by atoms with Crippen molar-refractivity contribution in [1.82, 2.24) is 4.90 Å². The molecule has 55 heavy (non-hydrogen) atoms. The van der Waals surface area contributed by atoms with Crippen molar-refractivity contribution < 1.29 is 98.8 Å². The molecule has 0 saturated carbocycles. The van der Waals surface area contributed by atoms with Crippen LogP contribution < -0.4 is 0 Å². The third-order valence-electron chi connectivity index (χ3n) is 7.86. The normalized spacial score (nSPS) is 17.9. The maximum Gasteiger partial charge on any atom is 0.104 e. The van der Waals surface area contributed by atoms with Gasteiger partial charge in [-0.2, -0.15) is 0 Å². The summed E-state index contributed by atoms with van der Waals surface area (Å²) in [6.07, 6.45) is -8.59. The van der Waals surface area contributed by atoms with Crippen molar-refractivity contribution in [3.05, 3.63) is 0 Å². The van der Waals surface area contributed by atoms with Crippen molar-refractivity contribution in [2.45, 2.75) is 81.0 Å². The van der Waals surface area contributed by atoms with E-state index in [2.05, 4.69) is 0 Å². The van der Waals surface area contributed by atoms with Gasteiger partial charge in [0.05, 0.1) is 137 Å². The van der Waals surface area contributed by atoms with Crippen LogP contribution in [0.25, 0.3) is 0 Å². The van der Waals surface area contributed by atoms with Crippen LogP contribution in [-0.2, 0) is 42.6 Å². The fourth-order valence-corrected chi connectivity index (χ4v) is 4.67. The number of methoxy groups -OCH3 is 1. The zero-order chi connectivity index (χ0) is 41.4. The molecule has 0 fully saturated rings. The van der Waals surface area contributed by atoms with E-state index < -0.39 is 114 Å². The van der Waals surface area contributed by atoms with Gasteiger partial charge >= 0.3 is 0 Å². The summed E-state index contributed by atoms with van der Waals surface area (Å²) in [6.45, 7) is -1.74. The van der Waals surface area contributed by atoms with Crippen molar-refractivity contribution >= 4 is 0 Å². The Morgan fingerprint density at radius 2 is 0.636 bits per heavy atom. The SMILES string of the molecule is COC(CO)COC(CO)COC(CO)CN(CC(CO)OCC(CO)OCC(CO)OCC(O)CO)CC(CO)OCC(CO)OCC(CO)OC(C)C. The molecule has 0 aromatic carbocycles. The number of aliphatic hydroxyl groups excluding tert-OH is 11. The zero-order valence-corrected chi connectivity index (χ0v) is 32.5. The number of hydrogen-bond donors (Lipinski definition) is 11. The Bertz CT molecular complexity index is 835. The van der Waals surface area contributed by atoms with Gasteiger partial charge in [-0.05, 0) is 13.8 Å². The molecule has 332 valence electrons. The summed E-state index contributed by atoms with van der Waals surface area (Å²) < 4.78 is 50.3. The Hall–Kier alpha value is -0.840. The molecule has 0 amide bonds. The van der Waals surface area contributed by atoms with Crippen LogP contribution in [0.1, 0.15) is 13.8 Å². The second-order valence-electron chi connectivity index (χ2n) is 13.1. The first kappa shape index (κ1) is 54.2. The first-order chi connectivity index (χ1) is 26.5. The van der Waals surface area contributed by atoms with E-state index in [4.69, 9.17) is 47.7 Å². The van der Waals surface area contributed by atoms with Crippen LogP contribution in [-0.4, -0.2) is 267 Å². The quantitative estimate of drug-likeness (QED) is 0.0274. The van der Waals surface area contributed by atoms with E-state index >= 15 is 0 Å². The van der Waals surface area contributed by atoms with Crippen molar-refractivity contribution in [3.63, 3.8) is 0 Å². The monoisotopic (exact) mass is 813 g/mol. The minimum atomic E-state index is -1.14. The van der Waals surface area contributed by atoms with Gasteiger partial charge in [0.1, 0.15) is 42.7 Å². The van der Waals surface area contributed by atoms with Gasteiger partial charge in [-0.25, -0.2) is 0 Å². The van der Waals surface area contributed by atoms with Gasteiger partial charge in [0.15, 0.2) is 0 Å². The number of ether oxygens (including phenoxy) is 9. The minimum Gasteiger partial charge on any atom is -0.394 e. The van der Waals surface area contributed by atoms with E-state index in [1.54, 1.807) is 18.7 Å². The minimum absolute atomic E-state index is 0.00514. The van der Waals surface area contributed by atoms with Gasteiger partial charge < -0.3 is 98.8 Å². The van der Waals surface area contributed by atoms with Crippen LogP contribution in [0.15, 0.2) is 0 Å². The average molecular weight is 814 g/mol. The molecule has 0 aliphatic heterocycles. The lowest BCUT2D eigenvalue weighted by Crippen LogP contribution is -2.48. The molecule has 21 heteroatoms. The lowest BCUT2D eigenvalue weighted by atomic mass is 10.2. The van der Waals surface area contributed by atoms with Gasteiger partial charge in [-0.1, -0.05) is 0 Å². The van der Waals surface area contributed by atoms with E-state index in [1.807, 2.05) is 0 Å². The van der Waals surface area contributed by atoms with Crippen LogP contribution in [0, 0.1) is 0 Å². The smallest absolute Gasteiger partial charge is 0.104 e. The highest BCUT2D eigenvalue weighted by molar-refractivity contribution is 4.76. The summed E-state index contributed by atoms with van der Waals surface area (Å²) in [5.74, 6) is 0. The van der Waals surface area contributed by atoms with Crippen molar-refractivity contribution in [3.8, 4) is 0 Å². The largest absolute Gasteiger partial charge is 0.394 e. The van der Waals surface area contributed by atoms with Crippen molar-refractivity contribution in [2.24, 2.45) is 0 Å². The maximum absolute atomic E-state index is 10.2. The lowest BCUT2D eigenvalue weighted by molar-refractivity contribution is -0.130. The van der Waals surface area contributed by atoms with Gasteiger partial charge in [0, 0.05) is 26.7 Å². The molecule has 0 aromatic rings. The topological polar surface area (TPSA) is 309 Å². The Morgan fingerprint density at radius 3 is 0.909 bits per heavy atom. The molecule has 0 rings (SSSR count). The van der Waals surface area contributed by atoms with Crippen LogP contribution >= 0.6 is 0 Å². The third kappa shape index (κ3) is 26.7. The number of rotatable bonds is 40. The zero-order valence-electron chi connectivity index (χ0n) is 32.5. The van der Waals surface area contributed by atoms with Gasteiger partial charge in [0.25, 0.3) is 0 Å². The van der Waals surface area contributed by atoms with Crippen LogP contribution in [0.5, 0.6) is 0 Å². The summed E-state index contributed by atoms with van der Waals surface area (Å²) in [4.78, 5) is 1.69. The second-order valence-corrected chi connectivity index (χ2v) is 13.1. The lowest BCUT2D eigenvalue weighted by Gasteiger charge is -2.33. The second kappa shape index (κ2) is 35.1. The molecule has 10 atom stereocenters. The molecule has 21 nitrogen and oxygen atoms in total. The Kier molecular flexibility index (Phi) is 34.6. The molecule has 10 unspecified atom stereocenters. The van der Waals surface area contributed by atoms with Crippen molar-refractivity contribution in [2.75, 3.05) is 139 Å². The molecule has 0 saturated heterocycles. The van der Waals surface area contributed by atoms with E-state index in [9.17, 15) is 51.1 Å². The summed E-state index contributed by atoms with van der Waals surface area (Å²) in [6, 6.07) is 0. The first-order valence-corrected chi connectivity index (χ1v) is 18.5. The first-order valence-electron chi connectivity index (χ1n) is 18.5. The molecule has 0 bridgehead atoms. The molecule has 0 aliphatic carbocycles. The molecular formula is C34H71NO20. The van der Waals surface area contributed by atoms with E-state index in [0.29, 0.717) is 0 Å². The van der Waals surface area contributed by atoms with Crippen molar-refractivity contribution in [1.29, 1.82) is 0 Å². The summed E-state index contributed by atoms with van der Waals surface area (Å²) in [7, 11) is 1.40. The summed E-state index contributed by atoms with van der Waals surface area (Å²) in [5, 5.41) is 107. The van der Waals surface area contributed by atoms with E-state index in [0.717, 1.165) is 0 Å².